The average Bonchev–Trinajstić information content (AvgIpc) is 3.14. The summed E-state index contributed by atoms with van der Waals surface area (Å²) in [4.78, 5) is 25.7. The van der Waals surface area contributed by atoms with Crippen molar-refractivity contribution < 1.29 is 24.3 Å². The Morgan fingerprint density at radius 1 is 0.971 bits per heavy atom. The third-order valence-corrected chi connectivity index (χ3v) is 5.22. The highest BCUT2D eigenvalue weighted by Crippen LogP contribution is 2.44. The number of non-ortho nitro benzene ring substituents is 1. The maximum Gasteiger partial charge on any atom is 0.412 e. The third kappa shape index (κ3) is 5.50. The summed E-state index contributed by atoms with van der Waals surface area (Å²) in [6.45, 7) is 0.258. The number of nitro groups is 1. The lowest BCUT2D eigenvalue weighted by Crippen LogP contribution is -2.30. The van der Waals surface area contributed by atoms with E-state index in [-0.39, 0.29) is 44.5 Å². The lowest BCUT2D eigenvalue weighted by molar-refractivity contribution is -0.384. The average molecular weight is 462 g/mol. The summed E-state index contributed by atoms with van der Waals surface area (Å²) in [5, 5.41) is 25.1. The number of carbonyl (C=O) groups is 1. The minimum Gasteiger partial charge on any atom is -0.599 e. The van der Waals surface area contributed by atoms with Gasteiger partial charge in [-0.25, -0.2) is 4.79 Å². The van der Waals surface area contributed by atoms with Gasteiger partial charge in [0.25, 0.3) is 5.69 Å². The van der Waals surface area contributed by atoms with Crippen molar-refractivity contribution in [3.8, 4) is 16.9 Å². The van der Waals surface area contributed by atoms with Crippen LogP contribution in [-0.2, 0) is 4.74 Å². The fourth-order valence-corrected chi connectivity index (χ4v) is 3.72. The Hall–Kier alpha value is -4.40. The molecule has 1 aliphatic rings. The van der Waals surface area contributed by atoms with Gasteiger partial charge in [-0.3, -0.25) is 15.1 Å². The molecule has 1 N–H and O–H groups in total. The molecule has 0 heterocycles. The van der Waals surface area contributed by atoms with Gasteiger partial charge >= 0.3 is 6.09 Å². The molecule has 0 aliphatic heterocycles. The molecule has 0 saturated carbocycles. The minimum atomic E-state index is -0.758. The van der Waals surface area contributed by atoms with E-state index in [1.807, 2.05) is 36.4 Å². The van der Waals surface area contributed by atoms with Crippen LogP contribution in [0.1, 0.15) is 24.5 Å². The molecule has 1 aliphatic carbocycles. The number of fused-ring (bicyclic) bond motifs is 3. The van der Waals surface area contributed by atoms with Crippen LogP contribution in [0.2, 0.25) is 0 Å². The zero-order valence-electron chi connectivity index (χ0n) is 17.5. The summed E-state index contributed by atoms with van der Waals surface area (Å²) >= 11 is 0. The highest BCUT2D eigenvalue weighted by Gasteiger charge is 2.26. The monoisotopic (exact) mass is 462 g/mol. The van der Waals surface area contributed by atoms with Gasteiger partial charge in [0.05, 0.1) is 11.5 Å². The van der Waals surface area contributed by atoms with Crippen LogP contribution < -0.4 is 15.2 Å². The van der Waals surface area contributed by atoms with E-state index in [4.69, 9.17) is 9.47 Å². The normalized spacial score (nSPS) is 12.2. The van der Waals surface area contributed by atoms with Gasteiger partial charge in [-0.15, -0.1) is 0 Å². The molecule has 34 heavy (non-hydrogen) atoms. The quantitative estimate of drug-likeness (QED) is 0.187. The summed E-state index contributed by atoms with van der Waals surface area (Å²) in [6, 6.07) is 21.2. The lowest BCUT2D eigenvalue weighted by atomic mass is 9.98. The Balaban J connectivity index is 0.00000324. The van der Waals surface area contributed by atoms with Crippen LogP contribution in [0, 0.1) is 10.1 Å². The molecule has 176 valence electrons. The van der Waals surface area contributed by atoms with Crippen molar-refractivity contribution in [1.29, 1.82) is 0 Å². The molecule has 0 unspecified atom stereocenters. The SMILES string of the molecule is C.O=C(NCCN=C([O-])OCC1c2ccccc2-c2ccccc21)Oc1ccc([N+](=O)[O-])cc1. The first kappa shape index (κ1) is 24.2. The molecule has 9 nitrogen and oxygen atoms in total. The van der Waals surface area contributed by atoms with E-state index in [2.05, 4.69) is 22.4 Å². The Morgan fingerprint density at radius 3 is 2.15 bits per heavy atom. The van der Waals surface area contributed by atoms with Gasteiger partial charge in [0.15, 0.2) is 0 Å². The molecule has 0 bridgehead atoms. The highest BCUT2D eigenvalue weighted by molar-refractivity contribution is 5.79. The van der Waals surface area contributed by atoms with Crippen LogP contribution in [0.25, 0.3) is 11.1 Å². The Bertz CT molecular complexity index is 1150. The van der Waals surface area contributed by atoms with E-state index in [0.29, 0.717) is 0 Å². The second kappa shape index (κ2) is 11.0. The maximum absolute atomic E-state index is 12.1. The van der Waals surface area contributed by atoms with Gasteiger partial charge in [0.1, 0.15) is 11.8 Å². The minimum absolute atomic E-state index is 0. The van der Waals surface area contributed by atoms with E-state index < -0.39 is 17.1 Å². The number of rotatable bonds is 7. The second-order valence-electron chi connectivity index (χ2n) is 7.25. The van der Waals surface area contributed by atoms with Crippen molar-refractivity contribution >= 4 is 17.9 Å². The van der Waals surface area contributed by atoms with Crippen molar-refractivity contribution in [2.75, 3.05) is 19.7 Å². The molecule has 0 spiro atoms. The molecule has 9 heteroatoms. The van der Waals surface area contributed by atoms with Crippen molar-refractivity contribution in [3.05, 3.63) is 94.0 Å². The summed E-state index contributed by atoms with van der Waals surface area (Å²) in [5.74, 6) is 0.109. The predicted molar refractivity (Wildman–Crippen MR) is 126 cm³/mol. The van der Waals surface area contributed by atoms with Crippen LogP contribution in [-0.4, -0.2) is 36.8 Å². The standard InChI is InChI=1S/C24H21N3O6.CH4/c28-23(25-13-14-26-24(29)33-17-11-9-16(10-12-17)27(30)31)32-15-22-20-7-3-1-5-18(20)19-6-2-4-8-21(19)22;/h1-12,22H,13-15H2,(H,25,28)(H,26,29);1H4/p-1. The van der Waals surface area contributed by atoms with E-state index in [1.54, 1.807) is 0 Å². The van der Waals surface area contributed by atoms with E-state index in [9.17, 15) is 20.0 Å². The molecular formula is C25H24N3O6-. The third-order valence-electron chi connectivity index (χ3n) is 5.22. The first-order chi connectivity index (χ1) is 16.0. The number of nitrogens with zero attached hydrogens (tertiary/aromatic N) is 2. The van der Waals surface area contributed by atoms with Gasteiger partial charge < -0.3 is 19.9 Å². The first-order valence-corrected chi connectivity index (χ1v) is 10.3. The summed E-state index contributed by atoms with van der Waals surface area (Å²) < 4.78 is 10.4. The predicted octanol–water partition coefficient (Wildman–Crippen LogP) is 3.86. The molecule has 0 radical (unpaired) electrons. The van der Waals surface area contributed by atoms with E-state index in [1.165, 1.54) is 24.3 Å². The zero-order chi connectivity index (χ0) is 23.2. The van der Waals surface area contributed by atoms with E-state index in [0.717, 1.165) is 22.3 Å². The molecule has 4 rings (SSSR count). The van der Waals surface area contributed by atoms with Crippen molar-refractivity contribution in [2.24, 2.45) is 4.99 Å². The number of carbonyl (C=O) groups excluding carboxylic acids is 1. The largest absolute Gasteiger partial charge is 0.599 e. The molecular weight excluding hydrogens is 438 g/mol. The number of nitro benzene ring substituents is 1. The summed E-state index contributed by atoms with van der Waals surface area (Å²) in [6.07, 6.45) is -1.46. The number of amides is 1. The summed E-state index contributed by atoms with van der Waals surface area (Å²) in [5.41, 5.74) is 4.40. The molecule has 1 amide bonds. The Labute approximate surface area is 196 Å². The number of benzene rings is 3. The number of aliphatic imine (C=N–C) groups is 1. The van der Waals surface area contributed by atoms with Gasteiger partial charge in [0.2, 0.25) is 0 Å². The maximum atomic E-state index is 12.1. The van der Waals surface area contributed by atoms with Gasteiger partial charge in [-0.05, 0) is 34.4 Å². The number of hydrogen-bond acceptors (Lipinski definition) is 7. The number of hydrogen-bond donors (Lipinski definition) is 1. The fraction of sp³-hybridized carbons (Fsp3) is 0.200. The van der Waals surface area contributed by atoms with Gasteiger partial charge in [0, 0.05) is 31.2 Å². The molecule has 0 aromatic heterocycles. The number of nitrogens with one attached hydrogen (secondary N) is 1. The number of ether oxygens (including phenoxy) is 2. The van der Waals surface area contributed by atoms with Gasteiger partial charge in [-0.2, -0.15) is 0 Å². The molecule has 3 aromatic rings. The Kier molecular flexibility index (Phi) is 7.81. The van der Waals surface area contributed by atoms with Gasteiger partial charge in [-0.1, -0.05) is 56.0 Å². The molecule has 0 fully saturated rings. The lowest BCUT2D eigenvalue weighted by Gasteiger charge is -2.21. The van der Waals surface area contributed by atoms with Crippen molar-refractivity contribution in [3.63, 3.8) is 0 Å². The van der Waals surface area contributed by atoms with E-state index >= 15 is 0 Å². The molecule has 3 aromatic carbocycles. The smallest absolute Gasteiger partial charge is 0.412 e. The van der Waals surface area contributed by atoms with Crippen LogP contribution in [0.15, 0.2) is 77.8 Å². The molecule has 0 atom stereocenters. The highest BCUT2D eigenvalue weighted by atomic mass is 16.6. The van der Waals surface area contributed by atoms with Crippen LogP contribution in [0.4, 0.5) is 10.5 Å². The first-order valence-electron chi connectivity index (χ1n) is 10.3. The van der Waals surface area contributed by atoms with Crippen LogP contribution in [0.5, 0.6) is 5.75 Å². The van der Waals surface area contributed by atoms with Crippen LogP contribution >= 0.6 is 0 Å². The topological polar surface area (TPSA) is 126 Å². The van der Waals surface area contributed by atoms with Crippen LogP contribution in [0.3, 0.4) is 0 Å². The van der Waals surface area contributed by atoms with Crippen molar-refractivity contribution in [1.82, 2.24) is 5.32 Å². The fourth-order valence-electron chi connectivity index (χ4n) is 3.72. The Morgan fingerprint density at radius 2 is 1.56 bits per heavy atom. The summed E-state index contributed by atoms with van der Waals surface area (Å²) in [7, 11) is 0. The molecule has 0 saturated heterocycles. The zero-order valence-corrected chi connectivity index (χ0v) is 17.5. The second-order valence-corrected chi connectivity index (χ2v) is 7.25. The van der Waals surface area contributed by atoms with Crippen molar-refractivity contribution in [2.45, 2.75) is 13.3 Å².